The highest BCUT2D eigenvalue weighted by Gasteiger charge is 2.17. The van der Waals surface area contributed by atoms with Gasteiger partial charge in [0.25, 0.3) is 5.91 Å². The third-order valence-corrected chi connectivity index (χ3v) is 6.30. The van der Waals surface area contributed by atoms with Crippen molar-refractivity contribution < 1.29 is 4.79 Å². The van der Waals surface area contributed by atoms with Crippen LogP contribution < -0.4 is 0 Å². The Morgan fingerprint density at radius 1 is 0.906 bits per heavy atom. The number of amides is 1. The van der Waals surface area contributed by atoms with Crippen molar-refractivity contribution in [3.8, 4) is 11.1 Å². The Hall–Kier alpha value is -3.14. The summed E-state index contributed by atoms with van der Waals surface area (Å²) in [5.74, 6) is 0.0165. The van der Waals surface area contributed by atoms with Gasteiger partial charge < -0.3 is 4.90 Å². The fraction of sp³-hybridized carbons (Fsp3) is 0.179. The molecule has 4 heteroatoms. The molecule has 32 heavy (non-hydrogen) atoms. The summed E-state index contributed by atoms with van der Waals surface area (Å²) in [6, 6.07) is 28.5. The van der Waals surface area contributed by atoms with Gasteiger partial charge in [-0.15, -0.1) is 0 Å². The first kappa shape index (κ1) is 20.7. The molecule has 4 aromatic carbocycles. The van der Waals surface area contributed by atoms with E-state index in [1.807, 2.05) is 55.6 Å². The molecule has 0 aliphatic carbocycles. The van der Waals surface area contributed by atoms with Crippen LogP contribution in [0, 0.1) is 0 Å². The monoisotopic (exact) mass is 440 g/mol. The maximum Gasteiger partial charge on any atom is 0.253 e. The maximum absolute atomic E-state index is 13.1. The van der Waals surface area contributed by atoms with Gasteiger partial charge in [-0.1, -0.05) is 66.2 Å². The lowest BCUT2D eigenvalue weighted by molar-refractivity contribution is 0.0785. The number of carbonyl (C=O) groups excluding carboxylic acids is 1. The Labute approximate surface area is 193 Å². The van der Waals surface area contributed by atoms with E-state index in [2.05, 4.69) is 41.3 Å². The van der Waals surface area contributed by atoms with Gasteiger partial charge in [0.15, 0.2) is 0 Å². The van der Waals surface area contributed by atoms with Gasteiger partial charge in [-0.3, -0.25) is 9.69 Å². The van der Waals surface area contributed by atoms with E-state index in [0.29, 0.717) is 17.1 Å². The van der Waals surface area contributed by atoms with Gasteiger partial charge in [0, 0.05) is 43.8 Å². The fourth-order valence-electron chi connectivity index (χ4n) is 4.12. The minimum atomic E-state index is 0.0165. The highest BCUT2D eigenvalue weighted by atomic mass is 35.5. The molecule has 0 saturated carbocycles. The van der Waals surface area contributed by atoms with Gasteiger partial charge in [0.05, 0.1) is 0 Å². The van der Waals surface area contributed by atoms with Crippen LogP contribution >= 0.6 is 11.6 Å². The van der Waals surface area contributed by atoms with E-state index in [4.69, 9.17) is 11.6 Å². The molecule has 1 heterocycles. The number of rotatable bonds is 6. The molecule has 0 radical (unpaired) electrons. The zero-order chi connectivity index (χ0) is 22.1. The summed E-state index contributed by atoms with van der Waals surface area (Å²) in [5, 5.41) is 3.15. The van der Waals surface area contributed by atoms with Crippen LogP contribution in [-0.4, -0.2) is 35.8 Å². The molecule has 1 fully saturated rings. The van der Waals surface area contributed by atoms with Gasteiger partial charge in [-0.05, 0) is 63.4 Å². The van der Waals surface area contributed by atoms with Crippen LogP contribution in [0.15, 0.2) is 84.9 Å². The van der Waals surface area contributed by atoms with E-state index in [-0.39, 0.29) is 5.91 Å². The summed E-state index contributed by atoms with van der Waals surface area (Å²) in [6.07, 6.45) is 0. The number of fused-ring (bicyclic) bond motifs is 1. The maximum atomic E-state index is 13.1. The van der Waals surface area contributed by atoms with Crippen molar-refractivity contribution in [1.82, 2.24) is 9.80 Å². The summed E-state index contributed by atoms with van der Waals surface area (Å²) < 4.78 is 0. The van der Waals surface area contributed by atoms with Gasteiger partial charge >= 0.3 is 0 Å². The predicted octanol–water partition coefficient (Wildman–Crippen LogP) is 6.25. The van der Waals surface area contributed by atoms with Crippen LogP contribution in [0.2, 0.25) is 5.02 Å². The Kier molecular flexibility index (Phi) is 5.69. The van der Waals surface area contributed by atoms with E-state index >= 15 is 0 Å². The van der Waals surface area contributed by atoms with Crippen molar-refractivity contribution in [2.24, 2.45) is 0 Å². The first-order valence-corrected chi connectivity index (χ1v) is 11.3. The van der Waals surface area contributed by atoms with E-state index in [9.17, 15) is 4.79 Å². The third-order valence-electron chi connectivity index (χ3n) is 6.04. The summed E-state index contributed by atoms with van der Waals surface area (Å²) >= 11 is 5.98. The van der Waals surface area contributed by atoms with Crippen molar-refractivity contribution >= 4 is 28.3 Å². The number of halogens is 1. The second-order valence-corrected chi connectivity index (χ2v) is 8.93. The molecule has 1 aliphatic rings. The second-order valence-electron chi connectivity index (χ2n) is 8.49. The molecule has 0 atom stereocenters. The molecule has 1 amide bonds. The summed E-state index contributed by atoms with van der Waals surface area (Å²) in [6.45, 7) is 3.99. The van der Waals surface area contributed by atoms with Gasteiger partial charge in [0.1, 0.15) is 0 Å². The highest BCUT2D eigenvalue weighted by Crippen LogP contribution is 2.25. The Morgan fingerprint density at radius 2 is 1.59 bits per heavy atom. The topological polar surface area (TPSA) is 23.3 Å². The molecule has 0 N–H and O–H groups in total. The molecule has 0 unspecified atom stereocenters. The van der Waals surface area contributed by atoms with Crippen LogP contribution in [0.5, 0.6) is 0 Å². The van der Waals surface area contributed by atoms with Crippen LogP contribution in [0.3, 0.4) is 0 Å². The van der Waals surface area contributed by atoms with Crippen molar-refractivity contribution in [2.45, 2.75) is 13.1 Å². The van der Waals surface area contributed by atoms with E-state index < -0.39 is 0 Å². The third kappa shape index (κ3) is 4.55. The van der Waals surface area contributed by atoms with E-state index in [1.165, 1.54) is 29.4 Å². The Morgan fingerprint density at radius 3 is 2.28 bits per heavy atom. The predicted molar refractivity (Wildman–Crippen MR) is 132 cm³/mol. The molecule has 160 valence electrons. The Bertz CT molecular complexity index is 1260. The number of carbonyl (C=O) groups is 1. The minimum Gasteiger partial charge on any atom is -0.337 e. The first-order chi connectivity index (χ1) is 15.6. The zero-order valence-electron chi connectivity index (χ0n) is 18.1. The van der Waals surface area contributed by atoms with Crippen molar-refractivity contribution in [1.29, 1.82) is 0 Å². The molecular formula is C28H25ClN2O. The van der Waals surface area contributed by atoms with Crippen molar-refractivity contribution in [3.05, 3.63) is 107 Å². The minimum absolute atomic E-state index is 0.0165. The van der Waals surface area contributed by atoms with Crippen molar-refractivity contribution in [2.75, 3.05) is 20.1 Å². The second kappa shape index (κ2) is 8.78. The lowest BCUT2D eigenvalue weighted by Gasteiger charge is -2.19. The number of hydrogen-bond acceptors (Lipinski definition) is 2. The summed E-state index contributed by atoms with van der Waals surface area (Å²) in [7, 11) is 1.86. The average Bonchev–Trinajstić information content (AvgIpc) is 3.63. The lowest BCUT2D eigenvalue weighted by atomic mass is 10.0. The molecule has 0 spiro atoms. The van der Waals surface area contributed by atoms with Crippen LogP contribution in [-0.2, 0) is 13.1 Å². The molecule has 1 saturated heterocycles. The highest BCUT2D eigenvalue weighted by molar-refractivity contribution is 6.30. The van der Waals surface area contributed by atoms with Crippen molar-refractivity contribution in [3.63, 3.8) is 0 Å². The summed E-state index contributed by atoms with van der Waals surface area (Å²) in [5.41, 5.74) is 5.33. The van der Waals surface area contributed by atoms with Gasteiger partial charge in [-0.25, -0.2) is 0 Å². The largest absolute Gasteiger partial charge is 0.337 e. The Balaban J connectivity index is 1.32. The fourth-order valence-corrected chi connectivity index (χ4v) is 4.24. The van der Waals surface area contributed by atoms with Crippen LogP contribution in [0.4, 0.5) is 0 Å². The summed E-state index contributed by atoms with van der Waals surface area (Å²) in [4.78, 5) is 17.3. The molecule has 1 aliphatic heterocycles. The molecule has 4 aromatic rings. The van der Waals surface area contributed by atoms with Crippen LogP contribution in [0.25, 0.3) is 21.9 Å². The number of nitrogens with zero attached hydrogens (tertiary/aromatic N) is 2. The van der Waals surface area contributed by atoms with Gasteiger partial charge in [0.2, 0.25) is 0 Å². The lowest BCUT2D eigenvalue weighted by Crippen LogP contribution is -2.26. The molecule has 0 aromatic heterocycles. The molecular weight excluding hydrogens is 416 g/mol. The smallest absolute Gasteiger partial charge is 0.253 e. The quantitative estimate of drug-likeness (QED) is 0.331. The zero-order valence-corrected chi connectivity index (χ0v) is 18.8. The number of hydrogen-bond donors (Lipinski definition) is 0. The average molecular weight is 441 g/mol. The normalized spacial score (nSPS) is 13.3. The van der Waals surface area contributed by atoms with Crippen LogP contribution in [0.1, 0.15) is 21.5 Å². The van der Waals surface area contributed by atoms with E-state index in [0.717, 1.165) is 23.2 Å². The first-order valence-electron chi connectivity index (χ1n) is 10.9. The SMILES string of the molecule is CN(Cc1cccc2cc(CN3CC3)ccc12)C(=O)c1ccc(-c2ccc(Cl)cc2)cc1. The number of benzene rings is 4. The van der Waals surface area contributed by atoms with Gasteiger partial charge in [-0.2, -0.15) is 0 Å². The molecule has 0 bridgehead atoms. The standard InChI is InChI=1S/C28H25ClN2O/c1-30(28(32)23-8-6-21(7-9-23)22-10-12-26(29)13-11-22)19-25-4-2-3-24-17-20(5-14-27(24)25)18-31-15-16-31/h2-14,17H,15-16,18-19H2,1H3. The van der Waals surface area contributed by atoms with E-state index in [1.54, 1.807) is 4.90 Å². The molecule has 5 rings (SSSR count). The molecule has 3 nitrogen and oxygen atoms in total.